The first-order valence-corrected chi connectivity index (χ1v) is 12.1. The molecule has 1 saturated heterocycles. The molecule has 0 spiro atoms. The first-order valence-electron chi connectivity index (χ1n) is 12.1. The number of aromatic nitrogens is 4. The van der Waals surface area contributed by atoms with E-state index < -0.39 is 11.8 Å². The van der Waals surface area contributed by atoms with Gasteiger partial charge in [0.1, 0.15) is 17.1 Å². The normalized spacial score (nSPS) is 14.1. The second-order valence-corrected chi connectivity index (χ2v) is 8.61. The SMILES string of the molecule is CCCc1nn(C)c2c(=O)[nH]c(-c3cc(C(=O)CN4CCN(CC)C(=O)C4=O)ccc3OCC)nc12. The summed E-state index contributed by atoms with van der Waals surface area (Å²) in [6, 6.07) is 4.85. The quantitative estimate of drug-likeness (QED) is 0.353. The third kappa shape index (κ3) is 4.60. The van der Waals surface area contributed by atoms with Gasteiger partial charge in [-0.1, -0.05) is 13.3 Å². The van der Waals surface area contributed by atoms with Crippen molar-refractivity contribution in [2.24, 2.45) is 7.05 Å². The van der Waals surface area contributed by atoms with E-state index in [1.807, 2.05) is 13.8 Å². The number of piperazine rings is 1. The fourth-order valence-corrected chi connectivity index (χ4v) is 4.38. The van der Waals surface area contributed by atoms with Gasteiger partial charge >= 0.3 is 11.8 Å². The van der Waals surface area contributed by atoms with Crippen LogP contribution in [-0.2, 0) is 23.1 Å². The highest BCUT2D eigenvalue weighted by atomic mass is 16.5. The Balaban J connectivity index is 1.71. The van der Waals surface area contributed by atoms with Gasteiger partial charge in [0, 0.05) is 32.2 Å². The Kier molecular flexibility index (Phi) is 7.18. The van der Waals surface area contributed by atoms with E-state index in [9.17, 15) is 19.2 Å². The molecular weight excluding hydrogens is 464 g/mol. The highest BCUT2D eigenvalue weighted by Gasteiger charge is 2.32. The number of H-pyrrole nitrogens is 1. The van der Waals surface area contributed by atoms with E-state index in [0.29, 0.717) is 60.6 Å². The Morgan fingerprint density at radius 2 is 1.81 bits per heavy atom. The molecule has 11 heteroatoms. The smallest absolute Gasteiger partial charge is 0.312 e. The van der Waals surface area contributed by atoms with Crippen molar-refractivity contribution in [2.75, 3.05) is 32.8 Å². The number of likely N-dealkylation sites (N-methyl/N-ethyl adjacent to an activating group) is 1. The fraction of sp³-hybridized carbons (Fsp3) is 0.440. The number of amides is 2. The van der Waals surface area contributed by atoms with Crippen LogP contribution in [0.5, 0.6) is 5.75 Å². The maximum Gasteiger partial charge on any atom is 0.312 e. The monoisotopic (exact) mass is 494 g/mol. The predicted molar refractivity (Wildman–Crippen MR) is 133 cm³/mol. The zero-order chi connectivity index (χ0) is 26.0. The predicted octanol–water partition coefficient (Wildman–Crippen LogP) is 1.55. The Labute approximate surface area is 208 Å². The standard InChI is InChI=1S/C25H30N6O5/c1-5-8-17-20-21(29(4)28-17)23(33)27-22(26-20)16-13-15(9-10-19(16)36-7-3)18(32)14-31-12-11-30(6-2)24(34)25(31)35/h9-10,13H,5-8,11-12,14H2,1-4H3,(H,26,27,33). The second kappa shape index (κ2) is 10.3. The van der Waals surface area contributed by atoms with Gasteiger partial charge in [0.2, 0.25) is 0 Å². The molecular formula is C25H30N6O5. The number of hydrogen-bond acceptors (Lipinski definition) is 7. The highest BCUT2D eigenvalue weighted by molar-refractivity contribution is 6.35. The van der Waals surface area contributed by atoms with Crippen LogP contribution in [0, 0.1) is 0 Å². The van der Waals surface area contributed by atoms with E-state index in [0.717, 1.165) is 12.1 Å². The average molecular weight is 495 g/mol. The van der Waals surface area contributed by atoms with E-state index in [-0.39, 0.29) is 23.7 Å². The second-order valence-electron chi connectivity index (χ2n) is 8.61. The molecule has 0 radical (unpaired) electrons. The molecule has 2 aromatic heterocycles. The number of hydrogen-bond donors (Lipinski definition) is 1. The zero-order valence-electron chi connectivity index (χ0n) is 21.0. The molecule has 0 unspecified atom stereocenters. The van der Waals surface area contributed by atoms with E-state index >= 15 is 0 Å². The number of ether oxygens (including phenoxy) is 1. The number of nitrogens with one attached hydrogen (secondary N) is 1. The number of aromatic amines is 1. The molecule has 0 saturated carbocycles. The lowest BCUT2D eigenvalue weighted by molar-refractivity contribution is -0.155. The van der Waals surface area contributed by atoms with Gasteiger partial charge < -0.3 is 19.5 Å². The number of nitrogens with zero attached hydrogens (tertiary/aromatic N) is 5. The van der Waals surface area contributed by atoms with Crippen LogP contribution in [0.15, 0.2) is 23.0 Å². The lowest BCUT2D eigenvalue weighted by Gasteiger charge is -2.32. The van der Waals surface area contributed by atoms with Crippen molar-refractivity contribution in [1.29, 1.82) is 0 Å². The van der Waals surface area contributed by atoms with Gasteiger partial charge in [0.25, 0.3) is 5.56 Å². The summed E-state index contributed by atoms with van der Waals surface area (Å²) in [7, 11) is 1.70. The van der Waals surface area contributed by atoms with Crippen molar-refractivity contribution in [2.45, 2.75) is 33.6 Å². The van der Waals surface area contributed by atoms with Crippen LogP contribution < -0.4 is 10.3 Å². The highest BCUT2D eigenvalue weighted by Crippen LogP contribution is 2.30. The molecule has 1 aliphatic heterocycles. The maximum absolute atomic E-state index is 13.1. The van der Waals surface area contributed by atoms with Crippen molar-refractivity contribution in [3.05, 3.63) is 39.8 Å². The van der Waals surface area contributed by atoms with Gasteiger partial charge in [-0.05, 0) is 38.5 Å². The van der Waals surface area contributed by atoms with E-state index in [4.69, 9.17) is 9.72 Å². The number of carbonyl (C=O) groups is 3. The van der Waals surface area contributed by atoms with E-state index in [2.05, 4.69) is 10.1 Å². The third-order valence-electron chi connectivity index (χ3n) is 6.22. The minimum atomic E-state index is -0.681. The summed E-state index contributed by atoms with van der Waals surface area (Å²) in [5.41, 5.74) is 2.03. The van der Waals surface area contributed by atoms with Crippen LogP contribution in [-0.4, -0.2) is 79.9 Å². The molecule has 1 fully saturated rings. The molecule has 0 atom stereocenters. The number of fused-ring (bicyclic) bond motifs is 1. The van der Waals surface area contributed by atoms with Gasteiger partial charge in [-0.3, -0.25) is 23.9 Å². The largest absolute Gasteiger partial charge is 0.493 e. The van der Waals surface area contributed by atoms with Gasteiger partial charge in [-0.25, -0.2) is 4.98 Å². The van der Waals surface area contributed by atoms with Crippen LogP contribution in [0.4, 0.5) is 0 Å². The van der Waals surface area contributed by atoms with Crippen LogP contribution in [0.3, 0.4) is 0 Å². The maximum atomic E-state index is 13.1. The van der Waals surface area contributed by atoms with Crippen molar-refractivity contribution in [1.82, 2.24) is 29.5 Å². The number of carbonyl (C=O) groups excluding carboxylic acids is 3. The Bertz CT molecular complexity index is 1390. The molecule has 4 rings (SSSR count). The summed E-state index contributed by atoms with van der Waals surface area (Å²) in [5, 5.41) is 4.45. The average Bonchev–Trinajstić information content (AvgIpc) is 3.18. The van der Waals surface area contributed by atoms with Crippen molar-refractivity contribution in [3.8, 4) is 17.1 Å². The molecule has 2 amide bonds. The first-order chi connectivity index (χ1) is 17.3. The van der Waals surface area contributed by atoms with Crippen molar-refractivity contribution < 1.29 is 19.1 Å². The summed E-state index contributed by atoms with van der Waals surface area (Å²) in [6.07, 6.45) is 1.51. The van der Waals surface area contributed by atoms with Crippen LogP contribution in [0.1, 0.15) is 43.2 Å². The summed E-state index contributed by atoms with van der Waals surface area (Å²) in [5.74, 6) is -0.890. The molecule has 11 nitrogen and oxygen atoms in total. The van der Waals surface area contributed by atoms with E-state index in [1.165, 1.54) is 14.5 Å². The molecule has 3 heterocycles. The molecule has 1 N–H and O–H groups in total. The lowest BCUT2D eigenvalue weighted by atomic mass is 10.0. The number of Topliss-reactive ketones (excluding diaryl/α,β-unsaturated/α-hetero) is 1. The lowest BCUT2D eigenvalue weighted by Crippen LogP contribution is -2.55. The third-order valence-corrected chi connectivity index (χ3v) is 6.22. The Morgan fingerprint density at radius 3 is 2.50 bits per heavy atom. The Morgan fingerprint density at radius 1 is 1.08 bits per heavy atom. The molecule has 1 aliphatic rings. The first kappa shape index (κ1) is 25.1. The molecule has 0 aliphatic carbocycles. The van der Waals surface area contributed by atoms with Gasteiger partial charge in [0.05, 0.1) is 24.4 Å². The minimum absolute atomic E-state index is 0.220. The Hall–Kier alpha value is -4.02. The van der Waals surface area contributed by atoms with E-state index in [1.54, 1.807) is 32.2 Å². The van der Waals surface area contributed by atoms with Crippen LogP contribution >= 0.6 is 0 Å². The number of rotatable bonds is 9. The van der Waals surface area contributed by atoms with Crippen LogP contribution in [0.2, 0.25) is 0 Å². The summed E-state index contributed by atoms with van der Waals surface area (Å²) in [4.78, 5) is 60.9. The van der Waals surface area contributed by atoms with Crippen molar-refractivity contribution >= 4 is 28.6 Å². The van der Waals surface area contributed by atoms with Gasteiger partial charge in [0.15, 0.2) is 11.3 Å². The summed E-state index contributed by atoms with van der Waals surface area (Å²) >= 11 is 0. The fourth-order valence-electron chi connectivity index (χ4n) is 4.38. The van der Waals surface area contributed by atoms with Gasteiger partial charge in [-0.15, -0.1) is 0 Å². The number of aryl methyl sites for hydroxylation is 2. The summed E-state index contributed by atoms with van der Waals surface area (Å²) < 4.78 is 7.28. The topological polar surface area (TPSA) is 130 Å². The van der Waals surface area contributed by atoms with Gasteiger partial charge in [-0.2, -0.15) is 5.10 Å². The molecule has 0 bridgehead atoms. The number of ketones is 1. The molecule has 3 aromatic rings. The molecule has 190 valence electrons. The molecule has 1 aromatic carbocycles. The van der Waals surface area contributed by atoms with Crippen LogP contribution in [0.25, 0.3) is 22.4 Å². The minimum Gasteiger partial charge on any atom is -0.493 e. The zero-order valence-corrected chi connectivity index (χ0v) is 21.0. The number of benzene rings is 1. The summed E-state index contributed by atoms with van der Waals surface area (Å²) in [6.45, 7) is 6.94. The van der Waals surface area contributed by atoms with Crippen molar-refractivity contribution in [3.63, 3.8) is 0 Å². The molecule has 36 heavy (non-hydrogen) atoms.